The highest BCUT2D eigenvalue weighted by Crippen LogP contribution is 2.36. The van der Waals surface area contributed by atoms with E-state index < -0.39 is 11.4 Å². The van der Waals surface area contributed by atoms with Gasteiger partial charge in [-0.25, -0.2) is 0 Å². The van der Waals surface area contributed by atoms with Gasteiger partial charge < -0.3 is 24.6 Å². The number of hydrogen-bond acceptors (Lipinski definition) is 8. The van der Waals surface area contributed by atoms with Crippen LogP contribution < -0.4 is 10.1 Å². The molecule has 1 aromatic carbocycles. The monoisotopic (exact) mass is 431 g/mol. The van der Waals surface area contributed by atoms with Crippen LogP contribution in [0.3, 0.4) is 0 Å². The SMILES string of the molecule is CC(C)(CC(=O)O)CC(=O)N[C@@H]1CO[C@@H]2[C@@H]1OC[C@@H]2n1nnnc1Oc1ccccc1. The van der Waals surface area contributed by atoms with E-state index in [9.17, 15) is 9.59 Å². The van der Waals surface area contributed by atoms with Crippen molar-refractivity contribution in [2.45, 2.75) is 51.0 Å². The molecule has 11 heteroatoms. The highest BCUT2D eigenvalue weighted by molar-refractivity contribution is 5.78. The third-order valence-electron chi connectivity index (χ3n) is 5.37. The molecule has 11 nitrogen and oxygen atoms in total. The Kier molecular flexibility index (Phi) is 5.88. The molecule has 166 valence electrons. The lowest BCUT2D eigenvalue weighted by molar-refractivity contribution is -0.139. The van der Waals surface area contributed by atoms with E-state index in [1.165, 1.54) is 4.68 Å². The molecule has 0 aliphatic carbocycles. The van der Waals surface area contributed by atoms with Crippen molar-refractivity contribution < 1.29 is 28.9 Å². The zero-order chi connectivity index (χ0) is 22.0. The van der Waals surface area contributed by atoms with Gasteiger partial charge in [-0.3, -0.25) is 9.59 Å². The third kappa shape index (κ3) is 4.83. The number of aliphatic carboxylic acids is 1. The molecule has 2 aliphatic heterocycles. The first-order valence-corrected chi connectivity index (χ1v) is 10.1. The minimum Gasteiger partial charge on any atom is -0.481 e. The van der Waals surface area contributed by atoms with Crippen molar-refractivity contribution in [2.24, 2.45) is 5.41 Å². The van der Waals surface area contributed by atoms with Gasteiger partial charge in [0.15, 0.2) is 0 Å². The lowest BCUT2D eigenvalue weighted by Gasteiger charge is -2.24. The van der Waals surface area contributed by atoms with E-state index in [1.807, 2.05) is 18.2 Å². The van der Waals surface area contributed by atoms with E-state index in [4.69, 9.17) is 19.3 Å². The number of fused-ring (bicyclic) bond motifs is 1. The Morgan fingerprint density at radius 1 is 1.19 bits per heavy atom. The van der Waals surface area contributed by atoms with E-state index in [-0.39, 0.29) is 55.7 Å². The van der Waals surface area contributed by atoms with Crippen molar-refractivity contribution in [1.29, 1.82) is 0 Å². The second kappa shape index (κ2) is 8.60. The molecule has 3 heterocycles. The van der Waals surface area contributed by atoms with Gasteiger partial charge in [-0.2, -0.15) is 4.68 Å². The first-order valence-electron chi connectivity index (χ1n) is 10.1. The van der Waals surface area contributed by atoms with Crippen LogP contribution in [0.25, 0.3) is 0 Å². The normalized spacial score (nSPS) is 25.2. The number of tetrazole rings is 1. The van der Waals surface area contributed by atoms with Crippen LogP contribution in [-0.4, -0.2) is 68.7 Å². The van der Waals surface area contributed by atoms with Gasteiger partial charge in [0.2, 0.25) is 5.91 Å². The number of carbonyl (C=O) groups is 2. The third-order valence-corrected chi connectivity index (χ3v) is 5.37. The van der Waals surface area contributed by atoms with Crippen LogP contribution in [0, 0.1) is 5.41 Å². The Morgan fingerprint density at radius 3 is 2.68 bits per heavy atom. The molecule has 4 atom stereocenters. The fourth-order valence-electron chi connectivity index (χ4n) is 4.03. The minimum atomic E-state index is -0.931. The van der Waals surface area contributed by atoms with Gasteiger partial charge in [-0.05, 0) is 28.0 Å². The number of carboxylic acids is 1. The number of benzene rings is 1. The van der Waals surface area contributed by atoms with Gasteiger partial charge in [-0.1, -0.05) is 37.1 Å². The summed E-state index contributed by atoms with van der Waals surface area (Å²) in [6.07, 6.45) is -0.696. The number of para-hydroxylation sites is 1. The molecule has 1 aromatic heterocycles. The second-order valence-electron chi connectivity index (χ2n) is 8.57. The lowest BCUT2D eigenvalue weighted by atomic mass is 9.85. The van der Waals surface area contributed by atoms with Crippen LogP contribution in [0.2, 0.25) is 0 Å². The standard InChI is InChI=1S/C20H25N5O6/c1-20(2,9-16(27)28)8-15(26)21-13-10-29-18-14(11-30-17(13)18)25-19(22-23-24-25)31-12-6-4-3-5-7-12/h3-7,13-14,17-18H,8-11H2,1-2H3,(H,21,26)(H,27,28)/t13-,14+,17-,18+/m1/s1. The summed E-state index contributed by atoms with van der Waals surface area (Å²) in [7, 11) is 0. The number of aromatic nitrogens is 4. The maximum atomic E-state index is 12.5. The fraction of sp³-hybridized carbons (Fsp3) is 0.550. The van der Waals surface area contributed by atoms with Crippen molar-refractivity contribution in [3.05, 3.63) is 30.3 Å². The number of carbonyl (C=O) groups excluding carboxylic acids is 1. The largest absolute Gasteiger partial charge is 0.481 e. The van der Waals surface area contributed by atoms with Crippen LogP contribution in [0.15, 0.2) is 30.3 Å². The zero-order valence-electron chi connectivity index (χ0n) is 17.3. The number of rotatable bonds is 8. The lowest BCUT2D eigenvalue weighted by Crippen LogP contribution is -2.45. The number of nitrogens with zero attached hydrogens (tertiary/aromatic N) is 4. The molecule has 31 heavy (non-hydrogen) atoms. The van der Waals surface area contributed by atoms with Crippen LogP contribution in [0.1, 0.15) is 32.7 Å². The summed E-state index contributed by atoms with van der Waals surface area (Å²) in [5.41, 5.74) is -0.649. The molecule has 1 amide bonds. The van der Waals surface area contributed by atoms with Crippen LogP contribution in [-0.2, 0) is 19.1 Å². The fourth-order valence-corrected chi connectivity index (χ4v) is 4.03. The molecular weight excluding hydrogens is 406 g/mol. The molecule has 2 aromatic rings. The molecule has 0 unspecified atom stereocenters. The molecule has 2 aliphatic rings. The molecule has 2 N–H and O–H groups in total. The quantitative estimate of drug-likeness (QED) is 0.631. The van der Waals surface area contributed by atoms with E-state index in [0.29, 0.717) is 12.4 Å². The zero-order valence-corrected chi connectivity index (χ0v) is 17.3. The van der Waals surface area contributed by atoms with Gasteiger partial charge in [0.05, 0.1) is 25.7 Å². The van der Waals surface area contributed by atoms with E-state index in [2.05, 4.69) is 20.8 Å². The first-order chi connectivity index (χ1) is 14.8. The van der Waals surface area contributed by atoms with Crippen molar-refractivity contribution in [2.75, 3.05) is 13.2 Å². The van der Waals surface area contributed by atoms with Gasteiger partial charge in [0.1, 0.15) is 24.0 Å². The number of nitrogens with one attached hydrogen (secondary N) is 1. The topological polar surface area (TPSA) is 138 Å². The molecular formula is C20H25N5O6. The van der Waals surface area contributed by atoms with Crippen LogP contribution in [0.4, 0.5) is 0 Å². The number of hydrogen-bond donors (Lipinski definition) is 2. The van der Waals surface area contributed by atoms with Crippen molar-refractivity contribution in [1.82, 2.24) is 25.5 Å². The summed E-state index contributed by atoms with van der Waals surface area (Å²) in [5, 5.41) is 23.6. The molecule has 0 saturated carbocycles. The molecule has 0 bridgehead atoms. The van der Waals surface area contributed by atoms with E-state index in [1.54, 1.807) is 26.0 Å². The van der Waals surface area contributed by atoms with Crippen molar-refractivity contribution in [3.63, 3.8) is 0 Å². The average molecular weight is 431 g/mol. The predicted molar refractivity (Wildman–Crippen MR) is 105 cm³/mol. The molecule has 0 radical (unpaired) electrons. The Labute approximate surface area is 178 Å². The van der Waals surface area contributed by atoms with Gasteiger partial charge >= 0.3 is 12.0 Å². The number of ether oxygens (including phenoxy) is 3. The van der Waals surface area contributed by atoms with Gasteiger partial charge in [0.25, 0.3) is 0 Å². The smallest absolute Gasteiger partial charge is 0.341 e. The van der Waals surface area contributed by atoms with E-state index >= 15 is 0 Å². The van der Waals surface area contributed by atoms with Crippen molar-refractivity contribution >= 4 is 11.9 Å². The Balaban J connectivity index is 1.38. The van der Waals surface area contributed by atoms with Crippen LogP contribution >= 0.6 is 0 Å². The summed E-state index contributed by atoms with van der Waals surface area (Å²) < 4.78 is 19.2. The average Bonchev–Trinajstić information content (AvgIpc) is 3.39. The molecule has 2 saturated heterocycles. The highest BCUT2D eigenvalue weighted by Gasteiger charge is 2.50. The maximum absolute atomic E-state index is 12.5. The summed E-state index contributed by atoms with van der Waals surface area (Å²) in [6.45, 7) is 4.10. The summed E-state index contributed by atoms with van der Waals surface area (Å²) in [5.74, 6) is -0.558. The molecule has 2 fully saturated rings. The minimum absolute atomic E-state index is 0.0876. The Hall–Kier alpha value is -3.05. The van der Waals surface area contributed by atoms with Gasteiger partial charge in [0, 0.05) is 6.42 Å². The Bertz CT molecular complexity index is 933. The van der Waals surface area contributed by atoms with Crippen LogP contribution in [0.5, 0.6) is 11.8 Å². The number of carboxylic acid groups (broad SMARTS) is 1. The highest BCUT2D eigenvalue weighted by atomic mass is 16.6. The predicted octanol–water partition coefficient (Wildman–Crippen LogP) is 1.18. The van der Waals surface area contributed by atoms with Gasteiger partial charge in [-0.15, -0.1) is 0 Å². The molecule has 0 spiro atoms. The molecule has 4 rings (SSSR count). The first kappa shape index (κ1) is 21.2. The van der Waals surface area contributed by atoms with Crippen molar-refractivity contribution in [3.8, 4) is 11.8 Å². The Morgan fingerprint density at radius 2 is 1.94 bits per heavy atom. The summed E-state index contributed by atoms with van der Waals surface area (Å²) in [4.78, 5) is 23.5. The maximum Gasteiger partial charge on any atom is 0.341 e. The van der Waals surface area contributed by atoms with E-state index in [0.717, 1.165) is 0 Å². The number of amides is 1. The summed E-state index contributed by atoms with van der Waals surface area (Å²) >= 11 is 0. The summed E-state index contributed by atoms with van der Waals surface area (Å²) in [6, 6.07) is 8.78. The second-order valence-corrected chi connectivity index (χ2v) is 8.57.